The average molecular weight is 195 g/mol. The topological polar surface area (TPSA) is 46.2 Å². The van der Waals surface area contributed by atoms with Gasteiger partial charge in [0.05, 0.1) is 0 Å². The number of phenols is 1. The van der Waals surface area contributed by atoms with Crippen molar-refractivity contribution in [2.75, 3.05) is 0 Å². The normalized spacial score (nSPS) is 18.2. The summed E-state index contributed by atoms with van der Waals surface area (Å²) in [6.07, 6.45) is 2.16. The largest absolute Gasteiger partial charge is 0.505 e. The molecular formula is C11H14FNO. The summed E-state index contributed by atoms with van der Waals surface area (Å²) < 4.78 is 13.3. The van der Waals surface area contributed by atoms with Gasteiger partial charge in [-0.2, -0.15) is 0 Å². The number of halogens is 1. The zero-order valence-corrected chi connectivity index (χ0v) is 8.13. The van der Waals surface area contributed by atoms with E-state index in [1.807, 2.05) is 0 Å². The first-order valence-corrected chi connectivity index (χ1v) is 4.85. The highest BCUT2D eigenvalue weighted by Crippen LogP contribution is 2.42. The Balaban J connectivity index is 2.38. The van der Waals surface area contributed by atoms with Crippen molar-refractivity contribution in [2.24, 2.45) is 11.7 Å². The van der Waals surface area contributed by atoms with Gasteiger partial charge in [0.25, 0.3) is 0 Å². The second-order valence-corrected chi connectivity index (χ2v) is 4.00. The third kappa shape index (κ3) is 1.48. The first-order valence-electron chi connectivity index (χ1n) is 4.85. The third-order valence-corrected chi connectivity index (χ3v) is 2.83. The predicted octanol–water partition coefficient (Wildman–Crippen LogP) is 2.25. The molecule has 1 saturated carbocycles. The van der Waals surface area contributed by atoms with Crippen LogP contribution < -0.4 is 5.73 Å². The van der Waals surface area contributed by atoms with Gasteiger partial charge in [0.1, 0.15) is 0 Å². The lowest BCUT2D eigenvalue weighted by atomic mass is 10.0. The number of phenolic OH excluding ortho intramolecular Hbond substituents is 1. The first-order chi connectivity index (χ1) is 6.61. The van der Waals surface area contributed by atoms with Gasteiger partial charge in [-0.1, -0.05) is 12.1 Å². The SMILES string of the molecule is Cc1ccc([C@@H](N)C2CC2)c(O)c1F. The second kappa shape index (κ2) is 3.24. The Morgan fingerprint density at radius 1 is 1.50 bits per heavy atom. The summed E-state index contributed by atoms with van der Waals surface area (Å²) in [6.45, 7) is 1.63. The van der Waals surface area contributed by atoms with Crippen LogP contribution >= 0.6 is 0 Å². The number of aromatic hydroxyl groups is 1. The van der Waals surface area contributed by atoms with Gasteiger partial charge in [-0.25, -0.2) is 4.39 Å². The number of nitrogens with two attached hydrogens (primary N) is 1. The van der Waals surface area contributed by atoms with Crippen molar-refractivity contribution in [1.29, 1.82) is 0 Å². The van der Waals surface area contributed by atoms with Crippen molar-refractivity contribution >= 4 is 0 Å². The van der Waals surface area contributed by atoms with Gasteiger partial charge in [0, 0.05) is 11.6 Å². The summed E-state index contributed by atoms with van der Waals surface area (Å²) in [5.74, 6) is -0.397. The van der Waals surface area contributed by atoms with Crippen LogP contribution in [-0.4, -0.2) is 5.11 Å². The molecule has 0 unspecified atom stereocenters. The van der Waals surface area contributed by atoms with Crippen LogP contribution in [0.3, 0.4) is 0 Å². The Morgan fingerprint density at radius 3 is 2.71 bits per heavy atom. The summed E-state index contributed by atoms with van der Waals surface area (Å²) in [5.41, 5.74) is 6.88. The fourth-order valence-corrected chi connectivity index (χ4v) is 1.66. The molecule has 0 saturated heterocycles. The number of rotatable bonds is 2. The van der Waals surface area contributed by atoms with E-state index >= 15 is 0 Å². The third-order valence-electron chi connectivity index (χ3n) is 2.83. The van der Waals surface area contributed by atoms with Crippen molar-refractivity contribution in [3.8, 4) is 5.75 Å². The van der Waals surface area contributed by atoms with E-state index in [0.29, 0.717) is 17.0 Å². The minimum atomic E-state index is -0.543. The Kier molecular flexibility index (Phi) is 2.19. The van der Waals surface area contributed by atoms with Crippen LogP contribution in [0.4, 0.5) is 4.39 Å². The summed E-state index contributed by atoms with van der Waals surface area (Å²) in [5, 5.41) is 9.57. The molecular weight excluding hydrogens is 181 g/mol. The van der Waals surface area contributed by atoms with Crippen molar-refractivity contribution in [2.45, 2.75) is 25.8 Å². The zero-order chi connectivity index (χ0) is 10.3. The molecule has 0 aromatic heterocycles. The Hall–Kier alpha value is -1.09. The van der Waals surface area contributed by atoms with Crippen molar-refractivity contribution in [1.82, 2.24) is 0 Å². The second-order valence-electron chi connectivity index (χ2n) is 4.00. The van der Waals surface area contributed by atoms with Crippen LogP contribution in [0.1, 0.15) is 30.0 Å². The Morgan fingerprint density at radius 2 is 2.14 bits per heavy atom. The maximum absolute atomic E-state index is 13.3. The maximum Gasteiger partial charge on any atom is 0.168 e. The highest BCUT2D eigenvalue weighted by atomic mass is 19.1. The molecule has 1 aromatic rings. The zero-order valence-electron chi connectivity index (χ0n) is 8.13. The minimum absolute atomic E-state index is 0.218. The van der Waals surface area contributed by atoms with Gasteiger partial charge >= 0.3 is 0 Å². The van der Waals surface area contributed by atoms with E-state index in [9.17, 15) is 9.50 Å². The van der Waals surface area contributed by atoms with Crippen LogP contribution in [0.2, 0.25) is 0 Å². The predicted molar refractivity (Wildman–Crippen MR) is 52.5 cm³/mol. The molecule has 1 atom stereocenters. The molecule has 1 fully saturated rings. The van der Waals surface area contributed by atoms with E-state index in [1.165, 1.54) is 0 Å². The van der Waals surface area contributed by atoms with Crippen LogP contribution in [0, 0.1) is 18.7 Å². The lowest BCUT2D eigenvalue weighted by Gasteiger charge is -2.13. The van der Waals surface area contributed by atoms with Crippen LogP contribution in [0.25, 0.3) is 0 Å². The summed E-state index contributed by atoms with van der Waals surface area (Å²) in [6, 6.07) is 3.16. The number of hydrogen-bond donors (Lipinski definition) is 2. The van der Waals surface area contributed by atoms with E-state index < -0.39 is 5.82 Å². The molecule has 1 aliphatic carbocycles. The van der Waals surface area contributed by atoms with Gasteiger partial charge in [0.15, 0.2) is 11.6 Å². The summed E-state index contributed by atoms with van der Waals surface area (Å²) >= 11 is 0. The Labute approximate surface area is 82.5 Å². The number of aryl methyl sites for hydroxylation is 1. The fourth-order valence-electron chi connectivity index (χ4n) is 1.66. The van der Waals surface area contributed by atoms with E-state index in [1.54, 1.807) is 19.1 Å². The molecule has 1 aliphatic rings. The van der Waals surface area contributed by atoms with Crippen molar-refractivity contribution in [3.05, 3.63) is 29.1 Å². The van der Waals surface area contributed by atoms with E-state index in [2.05, 4.69) is 0 Å². The number of benzene rings is 1. The lowest BCUT2D eigenvalue weighted by molar-refractivity contribution is 0.415. The van der Waals surface area contributed by atoms with Crippen LogP contribution in [-0.2, 0) is 0 Å². The van der Waals surface area contributed by atoms with Gasteiger partial charge in [0.2, 0.25) is 0 Å². The molecule has 0 heterocycles. The van der Waals surface area contributed by atoms with Crippen LogP contribution in [0.5, 0.6) is 5.75 Å². The molecule has 76 valence electrons. The number of hydrogen-bond acceptors (Lipinski definition) is 2. The molecule has 2 nitrogen and oxygen atoms in total. The molecule has 0 bridgehead atoms. The quantitative estimate of drug-likeness (QED) is 0.760. The first kappa shape index (κ1) is 9.46. The molecule has 0 amide bonds. The molecule has 3 N–H and O–H groups in total. The standard InChI is InChI=1S/C11H14FNO/c1-6-2-5-8(11(14)9(6)12)10(13)7-3-4-7/h2,5,7,10,14H,3-4,13H2,1H3/t10-/m0/s1. The molecule has 3 heteroatoms. The van der Waals surface area contributed by atoms with Crippen LogP contribution in [0.15, 0.2) is 12.1 Å². The summed E-state index contributed by atoms with van der Waals surface area (Å²) in [7, 11) is 0. The lowest BCUT2D eigenvalue weighted by Crippen LogP contribution is -2.13. The smallest absolute Gasteiger partial charge is 0.168 e. The van der Waals surface area contributed by atoms with Crippen molar-refractivity contribution in [3.63, 3.8) is 0 Å². The van der Waals surface area contributed by atoms with E-state index in [-0.39, 0.29) is 11.8 Å². The summed E-state index contributed by atoms with van der Waals surface area (Å²) in [4.78, 5) is 0. The molecule has 0 aliphatic heterocycles. The maximum atomic E-state index is 13.3. The molecule has 1 aromatic carbocycles. The molecule has 14 heavy (non-hydrogen) atoms. The highest BCUT2D eigenvalue weighted by molar-refractivity contribution is 5.40. The fraction of sp³-hybridized carbons (Fsp3) is 0.455. The molecule has 2 rings (SSSR count). The average Bonchev–Trinajstić information content (AvgIpc) is 2.97. The van der Waals surface area contributed by atoms with E-state index in [4.69, 9.17) is 5.73 Å². The highest BCUT2D eigenvalue weighted by Gasteiger charge is 2.31. The monoisotopic (exact) mass is 195 g/mol. The van der Waals surface area contributed by atoms with Gasteiger partial charge < -0.3 is 10.8 Å². The van der Waals surface area contributed by atoms with Gasteiger partial charge in [-0.15, -0.1) is 0 Å². The van der Waals surface area contributed by atoms with Gasteiger partial charge in [-0.3, -0.25) is 0 Å². The Bertz CT molecular complexity index is 361. The minimum Gasteiger partial charge on any atom is -0.505 e. The molecule has 0 spiro atoms. The van der Waals surface area contributed by atoms with Gasteiger partial charge in [-0.05, 0) is 31.2 Å². The van der Waals surface area contributed by atoms with E-state index in [0.717, 1.165) is 12.8 Å². The van der Waals surface area contributed by atoms with Crippen molar-refractivity contribution < 1.29 is 9.50 Å². The molecule has 0 radical (unpaired) electrons.